The first kappa shape index (κ1) is 15.1. The highest BCUT2D eigenvalue weighted by Gasteiger charge is 2.08. The van der Waals surface area contributed by atoms with Gasteiger partial charge in [0.15, 0.2) is 0 Å². The molecule has 0 aliphatic heterocycles. The van der Waals surface area contributed by atoms with Crippen LogP contribution in [0.15, 0.2) is 48.5 Å². The molecule has 0 unspecified atom stereocenters. The molecule has 21 heavy (non-hydrogen) atoms. The molecule has 0 aromatic heterocycles. The van der Waals surface area contributed by atoms with Crippen LogP contribution >= 0.6 is 11.6 Å². The molecule has 0 heterocycles. The Labute approximate surface area is 128 Å². The van der Waals surface area contributed by atoms with Crippen LogP contribution in [0.2, 0.25) is 5.02 Å². The Bertz CT molecular complexity index is 636. The minimum absolute atomic E-state index is 0.0880. The standard InChI is InChI=1S/C16H15ClN2O2/c1-11-2-8-14(9-3-11)19-15(20)10-18-16(21)12-4-6-13(17)7-5-12/h2-9H,10H2,1H3,(H,18,21)(H,19,20). The zero-order valence-corrected chi connectivity index (χ0v) is 12.3. The minimum atomic E-state index is -0.314. The van der Waals surface area contributed by atoms with Crippen LogP contribution in [0.4, 0.5) is 5.69 Å². The van der Waals surface area contributed by atoms with Crippen molar-refractivity contribution in [3.05, 3.63) is 64.7 Å². The summed E-state index contributed by atoms with van der Waals surface area (Å²) < 4.78 is 0. The van der Waals surface area contributed by atoms with Crippen LogP contribution in [0.5, 0.6) is 0 Å². The van der Waals surface area contributed by atoms with Crippen LogP contribution in [0.3, 0.4) is 0 Å². The summed E-state index contributed by atoms with van der Waals surface area (Å²) in [6.45, 7) is 1.88. The lowest BCUT2D eigenvalue weighted by Crippen LogP contribution is -2.32. The molecule has 2 aromatic carbocycles. The largest absolute Gasteiger partial charge is 0.343 e. The van der Waals surface area contributed by atoms with Gasteiger partial charge in [-0.25, -0.2) is 0 Å². The Kier molecular flexibility index (Phi) is 4.95. The van der Waals surface area contributed by atoms with Gasteiger partial charge in [-0.05, 0) is 43.3 Å². The summed E-state index contributed by atoms with van der Waals surface area (Å²) in [5, 5.41) is 5.83. The van der Waals surface area contributed by atoms with E-state index in [1.54, 1.807) is 24.3 Å². The highest BCUT2D eigenvalue weighted by atomic mass is 35.5. The van der Waals surface area contributed by atoms with Crippen LogP contribution < -0.4 is 10.6 Å². The average molecular weight is 303 g/mol. The monoisotopic (exact) mass is 302 g/mol. The summed E-state index contributed by atoms with van der Waals surface area (Å²) >= 11 is 5.75. The van der Waals surface area contributed by atoms with Crippen molar-refractivity contribution in [2.24, 2.45) is 0 Å². The third-order valence-corrected chi connectivity index (χ3v) is 3.10. The normalized spacial score (nSPS) is 10.0. The molecular weight excluding hydrogens is 288 g/mol. The molecule has 0 radical (unpaired) electrons. The maximum atomic E-state index is 11.8. The summed E-state index contributed by atoms with van der Waals surface area (Å²) in [5.74, 6) is -0.591. The van der Waals surface area contributed by atoms with Crippen LogP contribution in [-0.2, 0) is 4.79 Å². The molecule has 2 N–H and O–H groups in total. The fraction of sp³-hybridized carbons (Fsp3) is 0.125. The number of amides is 2. The molecule has 2 amide bonds. The maximum absolute atomic E-state index is 11.8. The fourth-order valence-electron chi connectivity index (χ4n) is 1.71. The number of hydrogen-bond acceptors (Lipinski definition) is 2. The Hall–Kier alpha value is -2.33. The fourth-order valence-corrected chi connectivity index (χ4v) is 1.83. The molecule has 108 valence electrons. The second kappa shape index (κ2) is 6.90. The Morgan fingerprint density at radius 1 is 1.00 bits per heavy atom. The van der Waals surface area contributed by atoms with Gasteiger partial charge in [-0.2, -0.15) is 0 Å². The summed E-state index contributed by atoms with van der Waals surface area (Å²) in [6.07, 6.45) is 0. The van der Waals surface area contributed by atoms with Gasteiger partial charge in [0.2, 0.25) is 5.91 Å². The topological polar surface area (TPSA) is 58.2 Å². The first-order valence-corrected chi connectivity index (χ1v) is 6.83. The van der Waals surface area contributed by atoms with Crippen molar-refractivity contribution >= 4 is 29.1 Å². The van der Waals surface area contributed by atoms with Gasteiger partial charge in [0.1, 0.15) is 0 Å². The van der Waals surface area contributed by atoms with E-state index in [1.165, 1.54) is 0 Å². The molecule has 0 spiro atoms. The quantitative estimate of drug-likeness (QED) is 0.912. The molecule has 5 heteroatoms. The van der Waals surface area contributed by atoms with Gasteiger partial charge in [0, 0.05) is 16.3 Å². The van der Waals surface area contributed by atoms with E-state index >= 15 is 0 Å². The van der Waals surface area contributed by atoms with E-state index in [0.717, 1.165) is 5.56 Å². The first-order chi connectivity index (χ1) is 10.0. The molecule has 0 atom stereocenters. The van der Waals surface area contributed by atoms with Gasteiger partial charge in [-0.3, -0.25) is 9.59 Å². The van der Waals surface area contributed by atoms with Gasteiger partial charge in [0.25, 0.3) is 5.91 Å². The third-order valence-electron chi connectivity index (χ3n) is 2.85. The molecule has 0 saturated heterocycles. The predicted octanol–water partition coefficient (Wildman–Crippen LogP) is 3.02. The molecule has 0 bridgehead atoms. The number of carbonyl (C=O) groups excluding carboxylic acids is 2. The number of nitrogens with one attached hydrogen (secondary N) is 2. The molecule has 0 saturated carbocycles. The highest BCUT2D eigenvalue weighted by Crippen LogP contribution is 2.10. The maximum Gasteiger partial charge on any atom is 0.251 e. The summed E-state index contributed by atoms with van der Waals surface area (Å²) in [7, 11) is 0. The van der Waals surface area contributed by atoms with Crippen molar-refractivity contribution in [1.82, 2.24) is 5.32 Å². The summed E-state index contributed by atoms with van der Waals surface area (Å²) in [5.41, 5.74) is 2.28. The van der Waals surface area contributed by atoms with E-state index in [1.807, 2.05) is 31.2 Å². The predicted molar refractivity (Wildman–Crippen MR) is 83.6 cm³/mol. The number of anilines is 1. The van der Waals surface area contributed by atoms with E-state index in [0.29, 0.717) is 16.3 Å². The number of benzene rings is 2. The second-order valence-corrected chi connectivity index (χ2v) is 5.04. The summed E-state index contributed by atoms with van der Waals surface area (Å²) in [4.78, 5) is 23.6. The van der Waals surface area contributed by atoms with Crippen molar-refractivity contribution in [2.45, 2.75) is 6.92 Å². The lowest BCUT2D eigenvalue weighted by atomic mass is 10.2. The Morgan fingerprint density at radius 3 is 2.24 bits per heavy atom. The molecule has 2 aromatic rings. The van der Waals surface area contributed by atoms with Crippen LogP contribution in [0, 0.1) is 6.92 Å². The van der Waals surface area contributed by atoms with E-state index in [-0.39, 0.29) is 18.4 Å². The van der Waals surface area contributed by atoms with E-state index in [4.69, 9.17) is 11.6 Å². The minimum Gasteiger partial charge on any atom is -0.343 e. The van der Waals surface area contributed by atoms with Crippen molar-refractivity contribution in [3.63, 3.8) is 0 Å². The number of hydrogen-bond donors (Lipinski definition) is 2. The smallest absolute Gasteiger partial charge is 0.251 e. The molecule has 0 aliphatic rings. The molecule has 0 fully saturated rings. The van der Waals surface area contributed by atoms with Crippen molar-refractivity contribution in [2.75, 3.05) is 11.9 Å². The Balaban J connectivity index is 1.84. The molecule has 4 nitrogen and oxygen atoms in total. The zero-order chi connectivity index (χ0) is 15.2. The highest BCUT2D eigenvalue weighted by molar-refractivity contribution is 6.30. The third kappa shape index (κ3) is 4.61. The average Bonchev–Trinajstić information content (AvgIpc) is 2.48. The van der Waals surface area contributed by atoms with Crippen molar-refractivity contribution in [1.29, 1.82) is 0 Å². The molecular formula is C16H15ClN2O2. The SMILES string of the molecule is Cc1ccc(NC(=O)CNC(=O)c2ccc(Cl)cc2)cc1. The van der Waals surface area contributed by atoms with Gasteiger partial charge in [-0.15, -0.1) is 0 Å². The first-order valence-electron chi connectivity index (χ1n) is 6.45. The molecule has 0 aliphatic carbocycles. The zero-order valence-electron chi connectivity index (χ0n) is 11.5. The van der Waals surface area contributed by atoms with Crippen LogP contribution in [0.25, 0.3) is 0 Å². The Morgan fingerprint density at radius 2 is 1.62 bits per heavy atom. The lowest BCUT2D eigenvalue weighted by Gasteiger charge is -2.07. The van der Waals surface area contributed by atoms with Crippen molar-refractivity contribution < 1.29 is 9.59 Å². The lowest BCUT2D eigenvalue weighted by molar-refractivity contribution is -0.115. The second-order valence-electron chi connectivity index (χ2n) is 4.60. The van der Waals surface area contributed by atoms with Gasteiger partial charge < -0.3 is 10.6 Å². The summed E-state index contributed by atoms with van der Waals surface area (Å²) in [6, 6.07) is 13.9. The van der Waals surface area contributed by atoms with E-state index in [2.05, 4.69) is 10.6 Å². The number of rotatable bonds is 4. The van der Waals surface area contributed by atoms with E-state index in [9.17, 15) is 9.59 Å². The number of halogens is 1. The van der Waals surface area contributed by atoms with E-state index < -0.39 is 0 Å². The van der Waals surface area contributed by atoms with Gasteiger partial charge in [0.05, 0.1) is 6.54 Å². The number of aryl methyl sites for hydroxylation is 1. The number of carbonyl (C=O) groups is 2. The van der Waals surface area contributed by atoms with Gasteiger partial charge >= 0.3 is 0 Å². The van der Waals surface area contributed by atoms with Gasteiger partial charge in [-0.1, -0.05) is 29.3 Å². The van der Waals surface area contributed by atoms with Crippen LogP contribution in [-0.4, -0.2) is 18.4 Å². The van der Waals surface area contributed by atoms with Crippen LogP contribution in [0.1, 0.15) is 15.9 Å². The van der Waals surface area contributed by atoms with Crippen molar-refractivity contribution in [3.8, 4) is 0 Å². The molecule has 2 rings (SSSR count).